The zero-order valence-corrected chi connectivity index (χ0v) is 11.3. The zero-order valence-electron chi connectivity index (χ0n) is 11.3. The van der Waals surface area contributed by atoms with Gasteiger partial charge in [-0.25, -0.2) is 4.68 Å². The van der Waals surface area contributed by atoms with Crippen molar-refractivity contribution in [3.63, 3.8) is 0 Å². The summed E-state index contributed by atoms with van der Waals surface area (Å²) in [4.78, 5) is 10.6. The lowest BCUT2D eigenvalue weighted by Gasteiger charge is -2.08. The topological polar surface area (TPSA) is 55.1 Å². The molecule has 1 aromatic heterocycles. The number of hydrogen-bond acceptors (Lipinski definition) is 2. The molecule has 1 aliphatic rings. The molecule has 104 valence electrons. The first-order chi connectivity index (χ1) is 9.74. The smallest absolute Gasteiger partial charge is 0.303 e. The standard InChI is InChI=1S/C16H18N2O2/c19-16(20)6-2-4-12-3-1-5-14(11-12)18-15(9-10-17-18)13-7-8-13/h1,3,5,9-11,13H,2,4,6-8H2,(H,19,20). The maximum Gasteiger partial charge on any atom is 0.303 e. The van der Waals surface area contributed by atoms with Crippen LogP contribution >= 0.6 is 0 Å². The summed E-state index contributed by atoms with van der Waals surface area (Å²) in [7, 11) is 0. The van der Waals surface area contributed by atoms with Crippen molar-refractivity contribution < 1.29 is 9.90 Å². The van der Waals surface area contributed by atoms with Crippen molar-refractivity contribution in [2.45, 2.75) is 38.0 Å². The SMILES string of the molecule is O=C(O)CCCc1cccc(-n2nccc2C2CC2)c1. The summed E-state index contributed by atoms with van der Waals surface area (Å²) in [6.07, 6.45) is 6.05. The predicted molar refractivity (Wildman–Crippen MR) is 76.1 cm³/mol. The Labute approximate surface area is 118 Å². The molecule has 0 atom stereocenters. The molecule has 20 heavy (non-hydrogen) atoms. The number of rotatable bonds is 6. The van der Waals surface area contributed by atoms with E-state index in [2.05, 4.69) is 23.3 Å². The second-order valence-electron chi connectivity index (χ2n) is 5.36. The van der Waals surface area contributed by atoms with Crippen LogP contribution < -0.4 is 0 Å². The lowest BCUT2D eigenvalue weighted by molar-refractivity contribution is -0.137. The van der Waals surface area contributed by atoms with E-state index in [1.807, 2.05) is 23.0 Å². The highest BCUT2D eigenvalue weighted by Crippen LogP contribution is 2.40. The van der Waals surface area contributed by atoms with Crippen LogP contribution in [0.5, 0.6) is 0 Å². The van der Waals surface area contributed by atoms with Gasteiger partial charge >= 0.3 is 5.97 Å². The van der Waals surface area contributed by atoms with Crippen molar-refractivity contribution in [1.82, 2.24) is 9.78 Å². The quantitative estimate of drug-likeness (QED) is 0.877. The van der Waals surface area contributed by atoms with Gasteiger partial charge in [0, 0.05) is 24.2 Å². The average Bonchev–Trinajstić information content (AvgIpc) is 3.16. The minimum atomic E-state index is -0.732. The zero-order chi connectivity index (χ0) is 13.9. The number of aromatic nitrogens is 2. The normalized spacial score (nSPS) is 14.4. The van der Waals surface area contributed by atoms with E-state index in [1.165, 1.54) is 24.1 Å². The van der Waals surface area contributed by atoms with Gasteiger partial charge in [-0.3, -0.25) is 4.79 Å². The van der Waals surface area contributed by atoms with Gasteiger partial charge in [0.05, 0.1) is 5.69 Å². The van der Waals surface area contributed by atoms with Crippen molar-refractivity contribution >= 4 is 5.97 Å². The van der Waals surface area contributed by atoms with Gasteiger partial charge in [-0.15, -0.1) is 0 Å². The molecule has 2 aromatic rings. The summed E-state index contributed by atoms with van der Waals surface area (Å²) in [5, 5.41) is 13.1. The summed E-state index contributed by atoms with van der Waals surface area (Å²) in [6, 6.07) is 10.3. The molecule has 0 saturated heterocycles. The molecule has 1 fully saturated rings. The molecule has 0 unspecified atom stereocenters. The Bertz CT molecular complexity index is 614. The number of benzene rings is 1. The van der Waals surface area contributed by atoms with Crippen LogP contribution in [0.2, 0.25) is 0 Å². The third-order valence-corrected chi connectivity index (χ3v) is 3.68. The largest absolute Gasteiger partial charge is 0.481 e. The van der Waals surface area contributed by atoms with E-state index < -0.39 is 5.97 Å². The van der Waals surface area contributed by atoms with Crippen LogP contribution in [0.4, 0.5) is 0 Å². The highest BCUT2D eigenvalue weighted by Gasteiger charge is 2.27. The van der Waals surface area contributed by atoms with E-state index >= 15 is 0 Å². The van der Waals surface area contributed by atoms with E-state index in [-0.39, 0.29) is 6.42 Å². The minimum absolute atomic E-state index is 0.222. The monoisotopic (exact) mass is 270 g/mol. The van der Waals surface area contributed by atoms with Gasteiger partial charge in [0.15, 0.2) is 0 Å². The molecule has 0 aliphatic heterocycles. The van der Waals surface area contributed by atoms with Crippen molar-refractivity contribution in [3.05, 3.63) is 47.8 Å². The molecule has 0 spiro atoms. The number of aryl methyl sites for hydroxylation is 1. The van der Waals surface area contributed by atoms with E-state index in [0.717, 1.165) is 12.1 Å². The lowest BCUT2D eigenvalue weighted by atomic mass is 10.1. The van der Waals surface area contributed by atoms with Crippen LogP contribution in [0.1, 0.15) is 42.9 Å². The molecule has 1 heterocycles. The summed E-state index contributed by atoms with van der Waals surface area (Å²) < 4.78 is 2.01. The fraction of sp³-hybridized carbons (Fsp3) is 0.375. The van der Waals surface area contributed by atoms with Gasteiger partial charge < -0.3 is 5.11 Å². The van der Waals surface area contributed by atoms with E-state index in [4.69, 9.17) is 5.11 Å². The molecule has 1 N–H and O–H groups in total. The Balaban J connectivity index is 1.76. The van der Waals surface area contributed by atoms with Gasteiger partial charge in [-0.05, 0) is 49.4 Å². The number of carboxylic acids is 1. The van der Waals surface area contributed by atoms with Crippen LogP contribution in [0.3, 0.4) is 0 Å². The maximum atomic E-state index is 10.6. The number of carbonyl (C=O) groups is 1. The first-order valence-corrected chi connectivity index (χ1v) is 7.09. The Morgan fingerprint density at radius 2 is 2.20 bits per heavy atom. The van der Waals surface area contributed by atoms with Crippen molar-refractivity contribution in [3.8, 4) is 5.69 Å². The van der Waals surface area contributed by atoms with Gasteiger partial charge in [0.2, 0.25) is 0 Å². The molecule has 0 amide bonds. The first kappa shape index (κ1) is 12.9. The van der Waals surface area contributed by atoms with Crippen LogP contribution in [0.25, 0.3) is 5.69 Å². The van der Waals surface area contributed by atoms with E-state index in [0.29, 0.717) is 12.3 Å². The van der Waals surface area contributed by atoms with E-state index in [1.54, 1.807) is 0 Å². The molecular weight excluding hydrogens is 252 g/mol. The second-order valence-corrected chi connectivity index (χ2v) is 5.36. The van der Waals surface area contributed by atoms with Gasteiger partial charge in [-0.1, -0.05) is 12.1 Å². The summed E-state index contributed by atoms with van der Waals surface area (Å²) in [5.74, 6) is -0.0718. The van der Waals surface area contributed by atoms with Crippen LogP contribution in [0.15, 0.2) is 36.5 Å². The number of nitrogens with zero attached hydrogens (tertiary/aromatic N) is 2. The molecule has 0 bridgehead atoms. The van der Waals surface area contributed by atoms with Crippen molar-refractivity contribution in [2.24, 2.45) is 0 Å². The summed E-state index contributed by atoms with van der Waals surface area (Å²) in [5.41, 5.74) is 3.53. The predicted octanol–water partition coefficient (Wildman–Crippen LogP) is 3.16. The lowest BCUT2D eigenvalue weighted by Crippen LogP contribution is -2.02. The molecular formula is C16H18N2O2. The Hall–Kier alpha value is -2.10. The molecule has 3 rings (SSSR count). The minimum Gasteiger partial charge on any atom is -0.481 e. The Morgan fingerprint density at radius 1 is 1.35 bits per heavy atom. The second kappa shape index (κ2) is 5.49. The van der Waals surface area contributed by atoms with Crippen LogP contribution in [-0.4, -0.2) is 20.9 Å². The number of aliphatic carboxylic acids is 1. The van der Waals surface area contributed by atoms with Crippen molar-refractivity contribution in [2.75, 3.05) is 0 Å². The fourth-order valence-electron chi connectivity index (χ4n) is 2.50. The van der Waals surface area contributed by atoms with Gasteiger partial charge in [0.25, 0.3) is 0 Å². The highest BCUT2D eigenvalue weighted by atomic mass is 16.4. The first-order valence-electron chi connectivity index (χ1n) is 7.09. The molecule has 4 heteroatoms. The van der Waals surface area contributed by atoms with Crippen molar-refractivity contribution in [1.29, 1.82) is 0 Å². The summed E-state index contributed by atoms with van der Waals surface area (Å²) in [6.45, 7) is 0. The fourth-order valence-corrected chi connectivity index (χ4v) is 2.50. The molecule has 1 aliphatic carbocycles. The number of carboxylic acid groups (broad SMARTS) is 1. The van der Waals surface area contributed by atoms with Crippen LogP contribution in [0, 0.1) is 0 Å². The molecule has 4 nitrogen and oxygen atoms in total. The number of hydrogen-bond donors (Lipinski definition) is 1. The average molecular weight is 270 g/mol. The van der Waals surface area contributed by atoms with Gasteiger partial charge in [0.1, 0.15) is 0 Å². The van der Waals surface area contributed by atoms with Crippen LogP contribution in [-0.2, 0) is 11.2 Å². The van der Waals surface area contributed by atoms with E-state index in [9.17, 15) is 4.79 Å². The summed E-state index contributed by atoms with van der Waals surface area (Å²) >= 11 is 0. The molecule has 0 radical (unpaired) electrons. The highest BCUT2D eigenvalue weighted by molar-refractivity contribution is 5.66. The Morgan fingerprint density at radius 3 is 2.95 bits per heavy atom. The van der Waals surface area contributed by atoms with Gasteiger partial charge in [-0.2, -0.15) is 5.10 Å². The molecule has 1 aromatic carbocycles. The Kier molecular flexibility index (Phi) is 3.54. The third-order valence-electron chi connectivity index (χ3n) is 3.68. The molecule has 1 saturated carbocycles. The maximum absolute atomic E-state index is 10.6. The third kappa shape index (κ3) is 2.90.